The van der Waals surface area contributed by atoms with Crippen LogP contribution in [0, 0.1) is 12.8 Å². The quantitative estimate of drug-likeness (QED) is 0.405. The zero-order chi connectivity index (χ0) is 25.2. The smallest absolute Gasteiger partial charge is 0.407 e. The van der Waals surface area contributed by atoms with Crippen LogP contribution in [0.25, 0.3) is 21.7 Å². The van der Waals surface area contributed by atoms with E-state index in [0.29, 0.717) is 40.9 Å². The number of amides is 1. The Morgan fingerprint density at radius 3 is 2.59 bits per heavy atom. The summed E-state index contributed by atoms with van der Waals surface area (Å²) in [4.78, 5) is 41.0. The molecule has 1 N–H and O–H groups in total. The summed E-state index contributed by atoms with van der Waals surface area (Å²) in [6.45, 7) is 11.5. The summed E-state index contributed by atoms with van der Waals surface area (Å²) in [5.41, 5.74) is 1.04. The number of nitrogens with one attached hydrogen (secondary N) is 1. The number of nitrogens with zero attached hydrogens (tertiary/aromatic N) is 2. The van der Waals surface area contributed by atoms with Crippen LogP contribution < -0.4 is 15.6 Å². The first-order valence-electron chi connectivity index (χ1n) is 11.4. The van der Waals surface area contributed by atoms with Gasteiger partial charge >= 0.3 is 6.09 Å². The van der Waals surface area contributed by atoms with Crippen molar-refractivity contribution in [3.05, 3.63) is 46.0 Å². The molecule has 8 heteroatoms. The molecule has 0 aliphatic rings. The predicted octanol–water partition coefficient (Wildman–Crippen LogP) is 4.53. The first-order chi connectivity index (χ1) is 15.9. The van der Waals surface area contributed by atoms with Crippen LogP contribution in [-0.2, 0) is 11.8 Å². The molecule has 1 aromatic carbocycles. The maximum Gasteiger partial charge on any atom is 0.407 e. The number of aromatic nitrogens is 2. The van der Waals surface area contributed by atoms with E-state index in [9.17, 15) is 14.4 Å². The molecule has 1 amide bonds. The van der Waals surface area contributed by atoms with Crippen LogP contribution in [0.1, 0.15) is 57.1 Å². The summed E-state index contributed by atoms with van der Waals surface area (Å²) >= 11 is 0. The zero-order valence-electron chi connectivity index (χ0n) is 20.9. The van der Waals surface area contributed by atoms with Gasteiger partial charge in [-0.3, -0.25) is 14.6 Å². The minimum absolute atomic E-state index is 0.0919. The summed E-state index contributed by atoms with van der Waals surface area (Å²) in [6.07, 6.45) is 2.63. The van der Waals surface area contributed by atoms with Crippen molar-refractivity contribution in [2.24, 2.45) is 13.0 Å². The molecule has 0 fully saturated rings. The van der Waals surface area contributed by atoms with Crippen molar-refractivity contribution in [2.45, 2.75) is 59.6 Å². The number of pyridine rings is 2. The number of aryl methyl sites for hydroxylation is 2. The highest BCUT2D eigenvalue weighted by molar-refractivity contribution is 6.08. The first-order valence-corrected chi connectivity index (χ1v) is 11.4. The van der Waals surface area contributed by atoms with Crippen LogP contribution in [0.15, 0.2) is 29.2 Å². The van der Waals surface area contributed by atoms with Crippen LogP contribution >= 0.6 is 0 Å². The average Bonchev–Trinajstić information content (AvgIpc) is 2.73. The topological polar surface area (TPSA) is 99.5 Å². The van der Waals surface area contributed by atoms with Crippen molar-refractivity contribution in [3.63, 3.8) is 0 Å². The highest BCUT2D eigenvalue weighted by Gasteiger charge is 2.20. The fraction of sp³-hybridized carbons (Fsp3) is 0.462. The third-order valence-corrected chi connectivity index (χ3v) is 5.61. The second kappa shape index (κ2) is 9.83. The van der Waals surface area contributed by atoms with Gasteiger partial charge in [-0.2, -0.15) is 0 Å². The van der Waals surface area contributed by atoms with Gasteiger partial charge in [0.25, 0.3) is 5.56 Å². The Hall–Kier alpha value is -3.42. The van der Waals surface area contributed by atoms with Crippen molar-refractivity contribution in [1.82, 2.24) is 14.9 Å². The van der Waals surface area contributed by atoms with Crippen molar-refractivity contribution in [2.75, 3.05) is 6.61 Å². The van der Waals surface area contributed by atoms with Gasteiger partial charge in [0.2, 0.25) is 0 Å². The van der Waals surface area contributed by atoms with Crippen molar-refractivity contribution >= 4 is 34.1 Å². The number of carbonyl (C=O) groups excluding carboxylic acids is 2. The molecule has 2 aromatic heterocycles. The SMILES string of the molecule is Cc1nccc2c1c(=O)n(C)c1cc(OCC(C)CC(C)NC(=O)OC(C)(C)C)c(C=O)cc21. The van der Waals surface area contributed by atoms with Crippen LogP contribution in [0.5, 0.6) is 5.75 Å². The number of ether oxygens (including phenoxy) is 2. The molecular formula is C26H33N3O5. The number of fused-ring (bicyclic) bond motifs is 3. The van der Waals surface area contributed by atoms with E-state index in [1.807, 2.05) is 34.6 Å². The fourth-order valence-electron chi connectivity index (χ4n) is 4.11. The third-order valence-electron chi connectivity index (χ3n) is 5.61. The molecule has 0 saturated heterocycles. The van der Waals surface area contributed by atoms with Gasteiger partial charge in [-0.15, -0.1) is 0 Å². The highest BCUT2D eigenvalue weighted by Crippen LogP contribution is 2.30. The van der Waals surface area contributed by atoms with Crippen molar-refractivity contribution in [1.29, 1.82) is 0 Å². The molecule has 0 bridgehead atoms. The van der Waals surface area contributed by atoms with Gasteiger partial charge in [0.15, 0.2) is 6.29 Å². The van der Waals surface area contributed by atoms with Crippen LogP contribution in [0.4, 0.5) is 4.79 Å². The number of hydrogen-bond acceptors (Lipinski definition) is 6. The summed E-state index contributed by atoms with van der Waals surface area (Å²) in [5, 5.41) is 4.93. The third kappa shape index (κ3) is 5.55. The van der Waals surface area contributed by atoms with E-state index in [2.05, 4.69) is 10.3 Å². The van der Waals surface area contributed by atoms with Crippen molar-refractivity contribution < 1.29 is 19.1 Å². The summed E-state index contributed by atoms with van der Waals surface area (Å²) in [5.74, 6) is 0.511. The Morgan fingerprint density at radius 1 is 1.24 bits per heavy atom. The minimum Gasteiger partial charge on any atom is -0.492 e. The van der Waals surface area contributed by atoms with Crippen molar-refractivity contribution in [3.8, 4) is 5.75 Å². The highest BCUT2D eigenvalue weighted by atomic mass is 16.6. The molecule has 3 aromatic rings. The number of benzene rings is 1. The minimum atomic E-state index is -0.555. The molecule has 8 nitrogen and oxygen atoms in total. The molecule has 0 spiro atoms. The van der Waals surface area contributed by atoms with Gasteiger partial charge in [0.1, 0.15) is 11.4 Å². The van der Waals surface area contributed by atoms with E-state index in [4.69, 9.17) is 9.47 Å². The lowest BCUT2D eigenvalue weighted by Crippen LogP contribution is -2.38. The van der Waals surface area contributed by atoms with Gasteiger partial charge in [-0.25, -0.2) is 4.79 Å². The van der Waals surface area contributed by atoms with Gasteiger partial charge in [0, 0.05) is 30.7 Å². The summed E-state index contributed by atoms with van der Waals surface area (Å²) in [7, 11) is 1.70. The molecule has 2 atom stereocenters. The Bertz CT molecular complexity index is 1290. The van der Waals surface area contributed by atoms with Gasteiger partial charge in [-0.1, -0.05) is 6.92 Å². The number of carbonyl (C=O) groups is 2. The van der Waals surface area contributed by atoms with E-state index in [0.717, 1.165) is 17.1 Å². The Kier molecular flexibility index (Phi) is 7.29. The maximum atomic E-state index is 13.0. The van der Waals surface area contributed by atoms with Crippen LogP contribution in [0.3, 0.4) is 0 Å². The van der Waals surface area contributed by atoms with Crippen LogP contribution in [-0.4, -0.2) is 40.2 Å². The molecule has 34 heavy (non-hydrogen) atoms. The molecular weight excluding hydrogens is 434 g/mol. The lowest BCUT2D eigenvalue weighted by Gasteiger charge is -2.23. The van der Waals surface area contributed by atoms with E-state index in [1.165, 1.54) is 0 Å². The van der Waals surface area contributed by atoms with E-state index in [-0.39, 0.29) is 17.5 Å². The Labute approximate surface area is 199 Å². The Morgan fingerprint density at radius 2 is 1.94 bits per heavy atom. The monoisotopic (exact) mass is 467 g/mol. The number of hydrogen-bond donors (Lipinski definition) is 1. The van der Waals surface area contributed by atoms with E-state index in [1.54, 1.807) is 42.9 Å². The largest absolute Gasteiger partial charge is 0.492 e. The normalized spacial score (nSPS) is 13.5. The standard InChI is InChI=1S/C26H33N3O5/c1-15(10-16(2)28-25(32)34-26(4,5)6)14-33-22-12-21-20(11-18(22)13-30)19-8-9-27-17(3)23(19)24(31)29(21)7/h8-9,11-13,15-16H,10,14H2,1-7H3,(H,28,32). The average molecular weight is 468 g/mol. The van der Waals surface area contributed by atoms with Gasteiger partial charge in [-0.05, 0) is 64.5 Å². The predicted molar refractivity (Wildman–Crippen MR) is 133 cm³/mol. The molecule has 182 valence electrons. The number of alkyl carbamates (subject to hydrolysis) is 1. The van der Waals surface area contributed by atoms with Crippen LogP contribution in [0.2, 0.25) is 0 Å². The number of aldehydes is 1. The molecule has 0 aliphatic carbocycles. The molecule has 3 rings (SSSR count). The van der Waals surface area contributed by atoms with Gasteiger partial charge in [0.05, 0.1) is 28.8 Å². The van der Waals surface area contributed by atoms with E-state index < -0.39 is 11.7 Å². The molecule has 0 radical (unpaired) electrons. The molecule has 0 saturated carbocycles. The molecule has 2 unspecified atom stereocenters. The maximum absolute atomic E-state index is 13.0. The fourth-order valence-corrected chi connectivity index (χ4v) is 4.11. The lowest BCUT2D eigenvalue weighted by atomic mass is 10.0. The number of rotatable bonds is 7. The second-order valence-corrected chi connectivity index (χ2v) is 9.91. The zero-order valence-corrected chi connectivity index (χ0v) is 20.9. The first kappa shape index (κ1) is 25.2. The second-order valence-electron chi connectivity index (χ2n) is 9.91. The summed E-state index contributed by atoms with van der Waals surface area (Å²) < 4.78 is 12.9. The van der Waals surface area contributed by atoms with E-state index >= 15 is 0 Å². The Balaban J connectivity index is 1.80. The molecule has 0 aliphatic heterocycles. The molecule has 2 heterocycles. The summed E-state index contributed by atoms with van der Waals surface area (Å²) in [6, 6.07) is 5.18. The van der Waals surface area contributed by atoms with Gasteiger partial charge < -0.3 is 19.4 Å². The lowest BCUT2D eigenvalue weighted by molar-refractivity contribution is 0.0500.